The van der Waals surface area contributed by atoms with E-state index >= 15 is 4.79 Å². The maximum atomic E-state index is 15.0. The molecule has 7 rings (SSSR count). The van der Waals surface area contributed by atoms with Crippen molar-refractivity contribution in [1.29, 1.82) is 0 Å². The van der Waals surface area contributed by atoms with Crippen LogP contribution in [0.1, 0.15) is 16.7 Å². The van der Waals surface area contributed by atoms with E-state index in [2.05, 4.69) is 6.08 Å². The molecule has 0 radical (unpaired) electrons. The molecule has 3 aromatic carbocycles. The zero-order chi connectivity index (χ0) is 31.3. The number of carbonyl (C=O) groups is 3. The van der Waals surface area contributed by atoms with Crippen molar-refractivity contribution in [3.05, 3.63) is 120 Å². The third kappa shape index (κ3) is 4.73. The van der Waals surface area contributed by atoms with Gasteiger partial charge in [-0.2, -0.15) is 0 Å². The van der Waals surface area contributed by atoms with Gasteiger partial charge in [-0.25, -0.2) is 0 Å². The molecule has 1 N–H and O–H groups in total. The van der Waals surface area contributed by atoms with Gasteiger partial charge in [0.15, 0.2) is 0 Å². The second kappa shape index (κ2) is 11.7. The van der Waals surface area contributed by atoms with Crippen LogP contribution in [0.5, 0.6) is 0 Å². The van der Waals surface area contributed by atoms with Crippen LogP contribution in [0.2, 0.25) is 0 Å². The molecule has 45 heavy (non-hydrogen) atoms. The van der Waals surface area contributed by atoms with E-state index in [9.17, 15) is 14.7 Å². The minimum Gasteiger partial charge on any atom is -0.394 e. The van der Waals surface area contributed by atoms with Crippen LogP contribution in [-0.4, -0.2) is 69.5 Å². The fourth-order valence-corrected chi connectivity index (χ4v) is 9.87. The largest absolute Gasteiger partial charge is 0.394 e. The van der Waals surface area contributed by atoms with Crippen LogP contribution in [0.4, 0.5) is 11.4 Å². The number of anilines is 2. The van der Waals surface area contributed by atoms with Crippen LogP contribution >= 0.6 is 11.8 Å². The number of nitrogens with zero attached hydrogens (tertiary/aromatic N) is 3. The predicted octanol–water partition coefficient (Wildman–Crippen LogP) is 4.71. The van der Waals surface area contributed by atoms with E-state index in [1.807, 2.05) is 111 Å². The number of carbonyl (C=O) groups excluding carboxylic acids is 3. The number of aryl methyl sites for hydroxylation is 2. The minimum absolute atomic E-state index is 0.111. The summed E-state index contributed by atoms with van der Waals surface area (Å²) in [6.07, 6.45) is 8.49. The number of benzene rings is 3. The lowest BCUT2D eigenvalue weighted by Gasteiger charge is -2.39. The van der Waals surface area contributed by atoms with Crippen molar-refractivity contribution >= 4 is 40.9 Å². The standard InChI is InChI=1S/C37H37N3O4S/c1-24-12-9-13-25(2)32(24)39-21-11-19-37-31(30-29(45-37)18-10-20-38(34(30)42)27-16-7-4-8-17-27)35(43)40(33(37)36(39)44)28(23-41)22-26-14-5-3-6-15-26/h3-19,28-31,33,41H,20-23H2,1-2H3/t28-,29+,30-,31+,33?,37+/m1/s1. The van der Waals surface area contributed by atoms with Gasteiger partial charge >= 0.3 is 0 Å². The topological polar surface area (TPSA) is 81.2 Å². The third-order valence-corrected chi connectivity index (χ3v) is 11.5. The Labute approximate surface area is 268 Å². The number of thioether (sulfide) groups is 1. The smallest absolute Gasteiger partial charge is 0.251 e. The van der Waals surface area contributed by atoms with Crippen molar-refractivity contribution in [3.63, 3.8) is 0 Å². The summed E-state index contributed by atoms with van der Waals surface area (Å²) >= 11 is 1.56. The first kappa shape index (κ1) is 29.6. The Morgan fingerprint density at radius 3 is 2.18 bits per heavy atom. The summed E-state index contributed by atoms with van der Waals surface area (Å²) in [5, 5.41) is 10.6. The molecule has 4 heterocycles. The highest BCUT2D eigenvalue weighted by Gasteiger charge is 2.72. The lowest BCUT2D eigenvalue weighted by atomic mass is 9.78. The van der Waals surface area contributed by atoms with E-state index in [0.29, 0.717) is 19.5 Å². The number of aliphatic hydroxyl groups is 1. The quantitative estimate of drug-likeness (QED) is 0.405. The summed E-state index contributed by atoms with van der Waals surface area (Å²) < 4.78 is -0.974. The first-order chi connectivity index (χ1) is 21.9. The number of hydrogen-bond donors (Lipinski definition) is 1. The summed E-state index contributed by atoms with van der Waals surface area (Å²) in [6, 6.07) is 23.7. The molecule has 0 aromatic heterocycles. The van der Waals surface area contributed by atoms with E-state index in [1.54, 1.807) is 26.5 Å². The van der Waals surface area contributed by atoms with Crippen LogP contribution in [0.15, 0.2) is 103 Å². The maximum Gasteiger partial charge on any atom is 0.251 e. The summed E-state index contributed by atoms with van der Waals surface area (Å²) in [4.78, 5) is 49.6. The van der Waals surface area contributed by atoms with Gasteiger partial charge in [-0.15, -0.1) is 11.8 Å². The lowest BCUT2D eigenvalue weighted by molar-refractivity contribution is -0.141. The number of amides is 3. The second-order valence-electron chi connectivity index (χ2n) is 12.4. The van der Waals surface area contributed by atoms with Crippen molar-refractivity contribution < 1.29 is 19.5 Å². The van der Waals surface area contributed by atoms with Crippen molar-refractivity contribution in [2.75, 3.05) is 29.5 Å². The molecule has 4 aliphatic rings. The zero-order valence-corrected chi connectivity index (χ0v) is 26.3. The average molecular weight is 620 g/mol. The molecule has 2 saturated heterocycles. The summed E-state index contributed by atoms with van der Waals surface area (Å²) in [7, 11) is 0. The highest BCUT2D eigenvalue weighted by molar-refractivity contribution is 8.02. The molecule has 0 bridgehead atoms. The van der Waals surface area contributed by atoms with Gasteiger partial charge in [0.2, 0.25) is 11.8 Å². The Morgan fingerprint density at radius 1 is 0.822 bits per heavy atom. The number of rotatable bonds is 6. The molecule has 3 aromatic rings. The van der Waals surface area contributed by atoms with E-state index < -0.39 is 28.7 Å². The molecule has 6 atom stereocenters. The van der Waals surface area contributed by atoms with E-state index in [0.717, 1.165) is 28.1 Å². The minimum atomic E-state index is -0.974. The van der Waals surface area contributed by atoms with E-state index in [-0.39, 0.29) is 29.6 Å². The summed E-state index contributed by atoms with van der Waals surface area (Å²) in [5.74, 6) is -1.95. The Bertz CT molecular complexity index is 1670. The monoisotopic (exact) mass is 619 g/mol. The third-order valence-electron chi connectivity index (χ3n) is 9.79. The van der Waals surface area contributed by atoms with Crippen molar-refractivity contribution in [3.8, 4) is 0 Å². The zero-order valence-electron chi connectivity index (χ0n) is 25.5. The van der Waals surface area contributed by atoms with Gasteiger partial charge in [-0.05, 0) is 49.1 Å². The highest BCUT2D eigenvalue weighted by atomic mass is 32.2. The normalized spacial score (nSPS) is 28.1. The average Bonchev–Trinajstić information content (AvgIpc) is 3.37. The van der Waals surface area contributed by atoms with Crippen LogP contribution in [0.25, 0.3) is 0 Å². The fourth-order valence-electron chi connectivity index (χ4n) is 7.88. The van der Waals surface area contributed by atoms with Gasteiger partial charge in [-0.1, -0.05) is 91.0 Å². The molecular weight excluding hydrogens is 582 g/mol. The molecule has 0 saturated carbocycles. The van der Waals surface area contributed by atoms with Crippen LogP contribution in [0.3, 0.4) is 0 Å². The highest BCUT2D eigenvalue weighted by Crippen LogP contribution is 2.61. The Kier molecular flexibility index (Phi) is 7.66. The van der Waals surface area contributed by atoms with Crippen molar-refractivity contribution in [2.45, 2.75) is 42.3 Å². The first-order valence-electron chi connectivity index (χ1n) is 15.6. The van der Waals surface area contributed by atoms with Crippen molar-refractivity contribution in [2.24, 2.45) is 11.8 Å². The molecule has 1 spiro atoms. The van der Waals surface area contributed by atoms with Gasteiger partial charge in [0.25, 0.3) is 5.91 Å². The predicted molar refractivity (Wildman–Crippen MR) is 178 cm³/mol. The molecule has 230 valence electrons. The number of para-hydroxylation sites is 2. The van der Waals surface area contributed by atoms with Gasteiger partial charge in [0.05, 0.1) is 29.2 Å². The van der Waals surface area contributed by atoms with Crippen LogP contribution in [0, 0.1) is 25.7 Å². The van der Waals surface area contributed by atoms with Gasteiger partial charge in [-0.3, -0.25) is 14.4 Å². The van der Waals surface area contributed by atoms with Crippen molar-refractivity contribution in [1.82, 2.24) is 4.90 Å². The molecule has 7 nitrogen and oxygen atoms in total. The fraction of sp³-hybridized carbons (Fsp3) is 0.324. The summed E-state index contributed by atoms with van der Waals surface area (Å²) in [5.41, 5.74) is 4.54. The number of aliphatic hydroxyl groups excluding tert-OH is 1. The first-order valence-corrected chi connectivity index (χ1v) is 16.5. The molecule has 3 amide bonds. The number of likely N-dealkylation sites (tertiary alicyclic amines) is 1. The van der Waals surface area contributed by atoms with Crippen LogP contribution in [-0.2, 0) is 20.8 Å². The van der Waals surface area contributed by atoms with E-state index in [4.69, 9.17) is 0 Å². The Hall–Kier alpha value is -4.14. The van der Waals surface area contributed by atoms with Gasteiger partial charge in [0, 0.05) is 29.7 Å². The number of fused-ring (bicyclic) bond motifs is 2. The molecule has 8 heteroatoms. The molecule has 2 fully saturated rings. The Balaban J connectivity index is 1.36. The van der Waals surface area contributed by atoms with Gasteiger partial charge < -0.3 is 19.8 Å². The molecule has 0 aliphatic carbocycles. The van der Waals surface area contributed by atoms with Gasteiger partial charge in [0.1, 0.15) is 6.04 Å². The molecule has 1 unspecified atom stereocenters. The van der Waals surface area contributed by atoms with Crippen LogP contribution < -0.4 is 9.80 Å². The molecular formula is C37H37N3O4S. The number of hydrogen-bond acceptors (Lipinski definition) is 5. The maximum absolute atomic E-state index is 15.0. The lowest BCUT2D eigenvalue weighted by Crippen LogP contribution is -2.57. The SMILES string of the molecule is Cc1cccc(C)c1N1CC=C[C@]23S[C@H]4C=CCN(c5ccccc5)C(=O)[C@H]4[C@H]2C(=O)N([C@@H](CO)Cc2ccccc2)C3C1=O. The molecule has 4 aliphatic heterocycles. The summed E-state index contributed by atoms with van der Waals surface area (Å²) in [6.45, 7) is 4.46. The Morgan fingerprint density at radius 2 is 1.49 bits per heavy atom. The van der Waals surface area contributed by atoms with E-state index in [1.165, 1.54) is 0 Å². The second-order valence-corrected chi connectivity index (χ2v) is 13.9.